The Morgan fingerprint density at radius 2 is 1.35 bits per heavy atom. The summed E-state index contributed by atoms with van der Waals surface area (Å²) in [4.78, 5) is 51.3. The van der Waals surface area contributed by atoms with Crippen molar-refractivity contribution < 1.29 is 24.3 Å². The summed E-state index contributed by atoms with van der Waals surface area (Å²) in [6.07, 6.45) is 1.98. The highest BCUT2D eigenvalue weighted by molar-refractivity contribution is 5.94. The number of nitrogens with one attached hydrogen (secondary N) is 4. The highest BCUT2D eigenvalue weighted by Gasteiger charge is 2.32. The van der Waals surface area contributed by atoms with Crippen molar-refractivity contribution in [2.24, 2.45) is 5.92 Å². The van der Waals surface area contributed by atoms with Crippen LogP contribution in [-0.4, -0.2) is 59.5 Å². The lowest BCUT2D eigenvalue weighted by Gasteiger charge is -2.26. The largest absolute Gasteiger partial charge is 0.480 e. The number of rotatable bonds is 12. The summed E-state index contributed by atoms with van der Waals surface area (Å²) in [5.74, 6) is -2.86. The van der Waals surface area contributed by atoms with E-state index >= 15 is 0 Å². The van der Waals surface area contributed by atoms with Crippen LogP contribution in [0.2, 0.25) is 0 Å². The molecule has 4 unspecified atom stereocenters. The number of aliphatic carboxylic acids is 1. The number of benzene rings is 2. The second-order valence-corrected chi connectivity index (χ2v) is 9.72. The maximum absolute atomic E-state index is 13.5. The first-order chi connectivity index (χ1) is 17.7. The minimum atomic E-state index is -1.15. The Morgan fingerprint density at radius 3 is 1.81 bits per heavy atom. The number of carboxylic acids is 1. The van der Waals surface area contributed by atoms with E-state index in [-0.39, 0.29) is 30.7 Å². The zero-order valence-electron chi connectivity index (χ0n) is 21.3. The molecule has 9 heteroatoms. The van der Waals surface area contributed by atoms with Gasteiger partial charge in [0.1, 0.15) is 18.1 Å². The third kappa shape index (κ3) is 8.42. The molecule has 0 radical (unpaired) electrons. The van der Waals surface area contributed by atoms with E-state index in [0.29, 0.717) is 6.42 Å². The number of carboxylic acid groups (broad SMARTS) is 1. The van der Waals surface area contributed by atoms with Crippen molar-refractivity contribution in [2.45, 2.75) is 63.7 Å². The lowest BCUT2D eigenvalue weighted by molar-refractivity contribution is -0.143. The number of hydrogen-bond donors (Lipinski definition) is 5. The van der Waals surface area contributed by atoms with E-state index in [9.17, 15) is 24.3 Å². The van der Waals surface area contributed by atoms with Crippen LogP contribution in [0.5, 0.6) is 0 Å². The monoisotopic (exact) mass is 508 g/mol. The molecule has 9 nitrogen and oxygen atoms in total. The minimum Gasteiger partial charge on any atom is -0.480 e. The van der Waals surface area contributed by atoms with Gasteiger partial charge in [-0.15, -0.1) is 0 Å². The van der Waals surface area contributed by atoms with Gasteiger partial charge in [0.15, 0.2) is 0 Å². The summed E-state index contributed by atoms with van der Waals surface area (Å²) in [6, 6.07) is 15.1. The van der Waals surface area contributed by atoms with E-state index in [1.54, 1.807) is 13.8 Å². The van der Waals surface area contributed by atoms with Gasteiger partial charge in [0.05, 0.1) is 6.04 Å². The summed E-state index contributed by atoms with van der Waals surface area (Å²) >= 11 is 0. The molecule has 0 aliphatic carbocycles. The van der Waals surface area contributed by atoms with Gasteiger partial charge in [-0.2, -0.15) is 0 Å². The second kappa shape index (κ2) is 13.5. The van der Waals surface area contributed by atoms with Crippen LogP contribution in [0.25, 0.3) is 0 Å². The van der Waals surface area contributed by atoms with Gasteiger partial charge in [-0.1, -0.05) is 74.5 Å². The molecular weight excluding hydrogens is 472 g/mol. The van der Waals surface area contributed by atoms with Crippen molar-refractivity contribution >= 4 is 23.7 Å². The van der Waals surface area contributed by atoms with Crippen LogP contribution in [0.3, 0.4) is 0 Å². The van der Waals surface area contributed by atoms with Crippen molar-refractivity contribution in [1.29, 1.82) is 0 Å². The molecule has 1 heterocycles. The number of hydrogen-bond acceptors (Lipinski definition) is 5. The predicted octanol–water partition coefficient (Wildman–Crippen LogP) is 1.42. The Bertz CT molecular complexity index is 1050. The van der Waals surface area contributed by atoms with Gasteiger partial charge in [0.2, 0.25) is 17.7 Å². The smallest absolute Gasteiger partial charge is 0.326 e. The normalized spacial score (nSPS) is 17.4. The molecule has 4 atom stereocenters. The topological polar surface area (TPSA) is 137 Å². The average molecular weight is 509 g/mol. The van der Waals surface area contributed by atoms with E-state index < -0.39 is 35.9 Å². The van der Waals surface area contributed by atoms with Crippen LogP contribution in [0.4, 0.5) is 0 Å². The molecule has 37 heavy (non-hydrogen) atoms. The van der Waals surface area contributed by atoms with Crippen molar-refractivity contribution in [3.8, 4) is 0 Å². The van der Waals surface area contributed by atoms with Crippen molar-refractivity contribution in [3.63, 3.8) is 0 Å². The van der Waals surface area contributed by atoms with E-state index in [4.69, 9.17) is 0 Å². The van der Waals surface area contributed by atoms with Crippen LogP contribution < -0.4 is 21.3 Å². The van der Waals surface area contributed by atoms with Gasteiger partial charge < -0.3 is 26.4 Å². The molecule has 0 bridgehead atoms. The Hall–Kier alpha value is -3.72. The third-order valence-electron chi connectivity index (χ3n) is 6.44. The summed E-state index contributed by atoms with van der Waals surface area (Å²) in [5, 5.41) is 20.9. The number of carbonyl (C=O) groups excluding carboxylic acids is 3. The lowest BCUT2D eigenvalue weighted by atomic mass is 10.0. The van der Waals surface area contributed by atoms with Gasteiger partial charge in [-0.3, -0.25) is 14.4 Å². The highest BCUT2D eigenvalue weighted by atomic mass is 16.4. The van der Waals surface area contributed by atoms with Gasteiger partial charge >= 0.3 is 5.97 Å². The van der Waals surface area contributed by atoms with Crippen LogP contribution in [0.15, 0.2) is 60.7 Å². The van der Waals surface area contributed by atoms with E-state index in [0.717, 1.165) is 24.1 Å². The van der Waals surface area contributed by atoms with Crippen molar-refractivity contribution in [2.75, 3.05) is 6.54 Å². The second-order valence-electron chi connectivity index (χ2n) is 9.72. The maximum Gasteiger partial charge on any atom is 0.326 e. The minimum absolute atomic E-state index is 0.166. The fraction of sp³-hybridized carbons (Fsp3) is 0.429. The molecule has 5 N–H and O–H groups in total. The molecular formula is C28H36N4O5. The summed E-state index contributed by atoms with van der Waals surface area (Å²) in [7, 11) is 0. The van der Waals surface area contributed by atoms with Crippen molar-refractivity contribution in [1.82, 2.24) is 21.3 Å². The highest BCUT2D eigenvalue weighted by Crippen LogP contribution is 2.10. The Kier molecular flexibility index (Phi) is 10.2. The first kappa shape index (κ1) is 27.9. The molecule has 2 aromatic rings. The molecule has 3 amide bonds. The molecule has 1 fully saturated rings. The molecule has 2 aromatic carbocycles. The van der Waals surface area contributed by atoms with Gasteiger partial charge in [-0.25, -0.2) is 4.79 Å². The average Bonchev–Trinajstić information content (AvgIpc) is 3.42. The number of amides is 3. The zero-order chi connectivity index (χ0) is 26.8. The van der Waals surface area contributed by atoms with Gasteiger partial charge in [-0.05, 0) is 36.4 Å². The Labute approximate surface area is 217 Å². The van der Waals surface area contributed by atoms with Crippen LogP contribution in [0.1, 0.15) is 37.8 Å². The number of carbonyl (C=O) groups is 4. The quantitative estimate of drug-likeness (QED) is 0.294. The molecule has 3 rings (SSSR count). The predicted molar refractivity (Wildman–Crippen MR) is 140 cm³/mol. The van der Waals surface area contributed by atoms with Gasteiger partial charge in [0, 0.05) is 12.8 Å². The SMILES string of the molecule is CC(C)C(NC(=O)C(Cc1ccccc1)NC(=O)C(Cc1ccccc1)NC(=O)C1CCCN1)C(=O)O. The van der Waals surface area contributed by atoms with E-state index in [1.165, 1.54) is 0 Å². The van der Waals surface area contributed by atoms with E-state index in [1.807, 2.05) is 60.7 Å². The molecule has 1 aliphatic rings. The maximum atomic E-state index is 13.5. The van der Waals surface area contributed by atoms with Crippen molar-refractivity contribution in [3.05, 3.63) is 71.8 Å². The Morgan fingerprint density at radius 1 is 0.838 bits per heavy atom. The fourth-order valence-electron chi connectivity index (χ4n) is 4.34. The van der Waals surface area contributed by atoms with Gasteiger partial charge in [0.25, 0.3) is 0 Å². The molecule has 198 valence electrons. The standard InChI is InChI=1S/C28H36N4O5/c1-18(2)24(28(36)37)32-27(35)23(17-20-12-7-4-8-13-20)31-26(34)22(16-19-10-5-3-6-11-19)30-25(33)21-14-9-15-29-21/h3-8,10-13,18,21-24,29H,9,14-17H2,1-2H3,(H,30,33)(H,31,34)(H,32,35)(H,36,37). The fourth-order valence-corrected chi connectivity index (χ4v) is 4.34. The lowest BCUT2D eigenvalue weighted by Crippen LogP contribution is -2.58. The molecule has 0 aromatic heterocycles. The Balaban J connectivity index is 1.81. The van der Waals surface area contributed by atoms with Crippen LogP contribution >= 0.6 is 0 Å². The molecule has 1 saturated heterocycles. The summed E-state index contributed by atoms with van der Waals surface area (Å²) < 4.78 is 0. The molecule has 0 spiro atoms. The van der Waals surface area contributed by atoms with Crippen LogP contribution in [0, 0.1) is 5.92 Å². The first-order valence-corrected chi connectivity index (χ1v) is 12.7. The molecule has 1 aliphatic heterocycles. The zero-order valence-corrected chi connectivity index (χ0v) is 21.3. The summed E-state index contributed by atoms with van der Waals surface area (Å²) in [5.41, 5.74) is 1.66. The van der Waals surface area contributed by atoms with E-state index in [2.05, 4.69) is 21.3 Å². The van der Waals surface area contributed by atoms with Crippen LogP contribution in [-0.2, 0) is 32.0 Å². The third-order valence-corrected chi connectivity index (χ3v) is 6.44. The molecule has 0 saturated carbocycles. The summed E-state index contributed by atoms with van der Waals surface area (Å²) in [6.45, 7) is 4.15. The first-order valence-electron chi connectivity index (χ1n) is 12.7.